The number of hydrogen-bond acceptors (Lipinski definition) is 3. The van der Waals surface area contributed by atoms with Gasteiger partial charge in [-0.2, -0.15) is 0 Å². The Balaban J connectivity index is 1.56. The standard InChI is InChI=1S/C17H22FNO3S/c1-23(21,22)17(10-11-17)16(20)19-15-8-4-13(5-9-15)12-2-6-14(18)7-3-12/h2-3,6-7,13,15H,4-5,8-11H2,1H3,(H,19,20). The van der Waals surface area contributed by atoms with Crippen LogP contribution in [0, 0.1) is 5.82 Å². The maximum atomic E-state index is 13.0. The van der Waals surface area contributed by atoms with Crippen molar-refractivity contribution in [2.75, 3.05) is 6.26 Å². The Morgan fingerprint density at radius 3 is 2.17 bits per heavy atom. The number of amides is 1. The van der Waals surface area contributed by atoms with Gasteiger partial charge in [-0.25, -0.2) is 12.8 Å². The third-order valence-corrected chi connectivity index (χ3v) is 7.24. The number of sulfone groups is 1. The molecule has 2 saturated carbocycles. The highest BCUT2D eigenvalue weighted by Gasteiger charge is 2.58. The predicted molar refractivity (Wildman–Crippen MR) is 86.3 cm³/mol. The van der Waals surface area contributed by atoms with E-state index in [1.54, 1.807) is 0 Å². The minimum absolute atomic E-state index is 0.0402. The lowest BCUT2D eigenvalue weighted by Crippen LogP contribution is -2.47. The molecular weight excluding hydrogens is 317 g/mol. The van der Waals surface area contributed by atoms with Crippen LogP contribution in [0.4, 0.5) is 4.39 Å². The fourth-order valence-electron chi connectivity index (χ4n) is 3.50. The quantitative estimate of drug-likeness (QED) is 0.917. The Kier molecular flexibility index (Phi) is 4.21. The molecule has 0 radical (unpaired) electrons. The molecule has 0 bridgehead atoms. The van der Waals surface area contributed by atoms with E-state index < -0.39 is 14.6 Å². The smallest absolute Gasteiger partial charge is 0.241 e. The molecule has 2 aliphatic rings. The van der Waals surface area contributed by atoms with Crippen molar-refractivity contribution < 1.29 is 17.6 Å². The van der Waals surface area contributed by atoms with Gasteiger partial charge >= 0.3 is 0 Å². The van der Waals surface area contributed by atoms with Gasteiger partial charge in [-0.1, -0.05) is 12.1 Å². The summed E-state index contributed by atoms with van der Waals surface area (Å²) in [4.78, 5) is 12.3. The summed E-state index contributed by atoms with van der Waals surface area (Å²) >= 11 is 0. The van der Waals surface area contributed by atoms with Gasteiger partial charge in [-0.05, 0) is 62.1 Å². The Morgan fingerprint density at radius 2 is 1.70 bits per heavy atom. The van der Waals surface area contributed by atoms with Gasteiger partial charge < -0.3 is 5.32 Å². The van der Waals surface area contributed by atoms with Gasteiger partial charge in [0.05, 0.1) is 0 Å². The predicted octanol–water partition coefficient (Wildman–Crippen LogP) is 2.55. The van der Waals surface area contributed by atoms with Crippen LogP contribution in [0.3, 0.4) is 0 Å². The third-order valence-electron chi connectivity index (χ3n) is 5.23. The van der Waals surface area contributed by atoms with Crippen molar-refractivity contribution in [1.82, 2.24) is 5.32 Å². The van der Waals surface area contributed by atoms with Gasteiger partial charge in [0.25, 0.3) is 0 Å². The molecule has 4 nitrogen and oxygen atoms in total. The molecule has 2 fully saturated rings. The zero-order valence-electron chi connectivity index (χ0n) is 13.2. The van der Waals surface area contributed by atoms with Crippen LogP contribution in [-0.4, -0.2) is 31.4 Å². The second-order valence-electron chi connectivity index (χ2n) is 6.84. The number of nitrogens with one attached hydrogen (secondary N) is 1. The topological polar surface area (TPSA) is 63.2 Å². The largest absolute Gasteiger partial charge is 0.352 e. The van der Waals surface area contributed by atoms with E-state index >= 15 is 0 Å². The highest BCUT2D eigenvalue weighted by atomic mass is 32.2. The molecule has 0 heterocycles. The van der Waals surface area contributed by atoms with Gasteiger partial charge in [-0.3, -0.25) is 4.79 Å². The Morgan fingerprint density at radius 1 is 1.13 bits per heavy atom. The van der Waals surface area contributed by atoms with Gasteiger partial charge in [0, 0.05) is 12.3 Å². The van der Waals surface area contributed by atoms with E-state index in [9.17, 15) is 17.6 Å². The van der Waals surface area contributed by atoms with Crippen LogP contribution in [-0.2, 0) is 14.6 Å². The molecule has 6 heteroatoms. The summed E-state index contributed by atoms with van der Waals surface area (Å²) in [5, 5.41) is 2.93. The Hall–Kier alpha value is -1.43. The highest BCUT2D eigenvalue weighted by Crippen LogP contribution is 2.43. The number of hydrogen-bond donors (Lipinski definition) is 1. The van der Waals surface area contributed by atoms with E-state index in [0.29, 0.717) is 18.8 Å². The second-order valence-corrected chi connectivity index (χ2v) is 9.17. The number of benzene rings is 1. The summed E-state index contributed by atoms with van der Waals surface area (Å²) in [7, 11) is -3.35. The van der Waals surface area contributed by atoms with E-state index in [0.717, 1.165) is 37.5 Å². The van der Waals surface area contributed by atoms with Crippen LogP contribution in [0.15, 0.2) is 24.3 Å². The maximum absolute atomic E-state index is 13.0. The first-order valence-electron chi connectivity index (χ1n) is 8.08. The van der Waals surface area contributed by atoms with E-state index in [1.165, 1.54) is 12.1 Å². The molecule has 0 aromatic heterocycles. The summed E-state index contributed by atoms with van der Waals surface area (Å²) < 4.78 is 35.4. The molecule has 1 aromatic carbocycles. The molecule has 0 unspecified atom stereocenters. The van der Waals surface area contributed by atoms with E-state index in [4.69, 9.17) is 0 Å². The minimum Gasteiger partial charge on any atom is -0.352 e. The van der Waals surface area contributed by atoms with Crippen LogP contribution in [0.2, 0.25) is 0 Å². The first-order chi connectivity index (χ1) is 10.8. The van der Waals surface area contributed by atoms with Crippen LogP contribution in [0.5, 0.6) is 0 Å². The minimum atomic E-state index is -3.35. The van der Waals surface area contributed by atoms with Crippen molar-refractivity contribution in [1.29, 1.82) is 0 Å². The van der Waals surface area contributed by atoms with E-state index in [1.807, 2.05) is 12.1 Å². The number of halogens is 1. The lowest BCUT2D eigenvalue weighted by atomic mass is 9.81. The molecule has 2 aliphatic carbocycles. The van der Waals surface area contributed by atoms with Crippen molar-refractivity contribution in [3.05, 3.63) is 35.6 Å². The van der Waals surface area contributed by atoms with Crippen molar-refractivity contribution in [3.8, 4) is 0 Å². The van der Waals surface area contributed by atoms with Crippen LogP contribution >= 0.6 is 0 Å². The molecule has 1 N–H and O–H groups in total. The molecule has 0 atom stereocenters. The Bertz CT molecular complexity index is 687. The molecule has 0 spiro atoms. The average molecular weight is 339 g/mol. The molecule has 1 aromatic rings. The van der Waals surface area contributed by atoms with Crippen molar-refractivity contribution in [2.24, 2.45) is 0 Å². The maximum Gasteiger partial charge on any atom is 0.241 e. The molecule has 0 saturated heterocycles. The lowest BCUT2D eigenvalue weighted by Gasteiger charge is -2.30. The summed E-state index contributed by atoms with van der Waals surface area (Å²) in [6.07, 6.45) is 5.50. The summed E-state index contributed by atoms with van der Waals surface area (Å²) in [5.74, 6) is -0.177. The second kappa shape index (κ2) is 5.89. The monoisotopic (exact) mass is 339 g/mol. The first kappa shape index (κ1) is 16.4. The normalized spacial score (nSPS) is 26.5. The fraction of sp³-hybridized carbons (Fsp3) is 0.588. The van der Waals surface area contributed by atoms with Crippen LogP contribution in [0.25, 0.3) is 0 Å². The number of rotatable bonds is 4. The SMILES string of the molecule is CS(=O)(=O)C1(C(=O)NC2CCC(c3ccc(F)cc3)CC2)CC1. The average Bonchev–Trinajstić information content (AvgIpc) is 3.30. The van der Waals surface area contributed by atoms with Crippen LogP contribution in [0.1, 0.15) is 50.0 Å². The van der Waals surface area contributed by atoms with Crippen molar-refractivity contribution in [2.45, 2.75) is 55.2 Å². The summed E-state index contributed by atoms with van der Waals surface area (Å²) in [6, 6.07) is 6.64. The van der Waals surface area contributed by atoms with Gasteiger partial charge in [-0.15, -0.1) is 0 Å². The first-order valence-corrected chi connectivity index (χ1v) is 9.97. The van der Waals surface area contributed by atoms with E-state index in [2.05, 4.69) is 5.32 Å². The number of carbonyl (C=O) groups excluding carboxylic acids is 1. The zero-order chi connectivity index (χ0) is 16.7. The number of carbonyl (C=O) groups is 1. The molecule has 126 valence electrons. The molecule has 0 aliphatic heterocycles. The van der Waals surface area contributed by atoms with Gasteiger partial charge in [0.15, 0.2) is 14.6 Å². The molecular formula is C17H22FNO3S. The lowest BCUT2D eigenvalue weighted by molar-refractivity contribution is -0.122. The summed E-state index contributed by atoms with van der Waals surface area (Å²) in [6.45, 7) is 0. The van der Waals surface area contributed by atoms with Gasteiger partial charge in [0.1, 0.15) is 5.82 Å². The highest BCUT2D eigenvalue weighted by molar-refractivity contribution is 7.93. The third kappa shape index (κ3) is 3.27. The molecule has 23 heavy (non-hydrogen) atoms. The Labute approximate surface area is 136 Å². The summed E-state index contributed by atoms with van der Waals surface area (Å²) in [5.41, 5.74) is 1.13. The van der Waals surface area contributed by atoms with E-state index in [-0.39, 0.29) is 17.8 Å². The van der Waals surface area contributed by atoms with Crippen molar-refractivity contribution >= 4 is 15.7 Å². The van der Waals surface area contributed by atoms with Gasteiger partial charge in [0.2, 0.25) is 5.91 Å². The fourth-order valence-corrected chi connectivity index (χ4v) is 4.74. The molecule has 3 rings (SSSR count). The molecule has 1 amide bonds. The zero-order valence-corrected chi connectivity index (χ0v) is 14.0. The van der Waals surface area contributed by atoms with Crippen LogP contribution < -0.4 is 5.32 Å². The van der Waals surface area contributed by atoms with Crippen molar-refractivity contribution in [3.63, 3.8) is 0 Å².